The molecule has 1 aliphatic rings. The Morgan fingerprint density at radius 1 is 0.744 bits per heavy atom. The summed E-state index contributed by atoms with van der Waals surface area (Å²) in [6.07, 6.45) is 0.908. The highest BCUT2D eigenvalue weighted by atomic mass is 35.5. The third-order valence-electron chi connectivity index (χ3n) is 7.94. The fourth-order valence-corrected chi connectivity index (χ4v) is 8.77. The zero-order valence-corrected chi connectivity index (χ0v) is 25.2. The maximum atomic E-state index is 15.6. The molecule has 0 N–H and O–H groups in total. The average molecular weight is 605 g/mol. The molecule has 1 aliphatic heterocycles. The first-order valence-corrected chi connectivity index (χ1v) is 16.1. The van der Waals surface area contributed by atoms with Crippen LogP contribution in [0.15, 0.2) is 151 Å². The first kappa shape index (κ1) is 28.7. The second kappa shape index (κ2) is 12.0. The molecular weight excluding hydrogens is 575 g/mol. The fourth-order valence-electron chi connectivity index (χ4n) is 5.68. The van der Waals surface area contributed by atoms with Crippen molar-refractivity contribution in [2.45, 2.75) is 24.6 Å². The van der Waals surface area contributed by atoms with Gasteiger partial charge in [-0.15, -0.1) is 0 Å². The van der Waals surface area contributed by atoms with Gasteiger partial charge in [0.25, 0.3) is 0 Å². The lowest BCUT2D eigenvalue weighted by molar-refractivity contribution is -0.151. The van der Waals surface area contributed by atoms with Crippen LogP contribution in [0.2, 0.25) is 5.02 Å². The molecule has 5 nitrogen and oxygen atoms in total. The summed E-state index contributed by atoms with van der Waals surface area (Å²) < 4.78 is 23.7. The van der Waals surface area contributed by atoms with Gasteiger partial charge in [0.1, 0.15) is 5.54 Å². The molecule has 0 fully saturated rings. The Kier molecular flexibility index (Phi) is 8.03. The highest BCUT2D eigenvalue weighted by Gasteiger charge is 2.55. The minimum atomic E-state index is -3.55. The van der Waals surface area contributed by atoms with E-state index < -0.39 is 30.9 Å². The maximum Gasteiger partial charge on any atom is 0.334 e. The Morgan fingerprint density at radius 3 is 1.65 bits per heavy atom. The molecular formula is C36H30ClN2O3P. The molecule has 0 radical (unpaired) electrons. The van der Waals surface area contributed by atoms with Crippen molar-refractivity contribution in [3.8, 4) is 0 Å². The maximum absolute atomic E-state index is 15.6. The quantitative estimate of drug-likeness (QED) is 0.136. The summed E-state index contributed by atoms with van der Waals surface area (Å²) in [6, 6.07) is 44.2. The Hall–Kier alpha value is -4.44. The number of hydrogen-bond donors (Lipinski definition) is 0. The molecule has 0 spiro atoms. The average Bonchev–Trinajstić information content (AvgIpc) is 3.43. The van der Waals surface area contributed by atoms with Gasteiger partial charge >= 0.3 is 5.97 Å². The van der Waals surface area contributed by atoms with Crippen LogP contribution < -0.4 is 10.6 Å². The van der Waals surface area contributed by atoms with E-state index in [1.165, 1.54) is 0 Å². The Balaban J connectivity index is 1.47. The Labute approximate surface area is 256 Å². The van der Waals surface area contributed by atoms with Gasteiger partial charge in [-0.25, -0.2) is 4.79 Å². The Morgan fingerprint density at radius 2 is 1.19 bits per heavy atom. The predicted octanol–water partition coefficient (Wildman–Crippen LogP) is 7.53. The molecule has 43 heavy (non-hydrogen) atoms. The van der Waals surface area contributed by atoms with E-state index in [2.05, 4.69) is 0 Å². The standard InChI is InChI=1S/C36H30ClN2O3P/c1-36(29-22-24-30(37)25-23-29)34(35(40)42-33(27-14-6-2-7-15-27)28-16-8-3-9-17-28)38-26-39(36)43(41,31-18-10-4-11-19-31)32-20-12-5-13-21-32/h2-26,33-34H,1H3/t34-,36+/m0/s1. The molecule has 0 unspecified atom stereocenters. The largest absolute Gasteiger partial charge is 0.451 e. The zero-order valence-electron chi connectivity index (χ0n) is 23.5. The summed E-state index contributed by atoms with van der Waals surface area (Å²) >= 11 is 6.29. The van der Waals surface area contributed by atoms with Crippen molar-refractivity contribution in [3.05, 3.63) is 167 Å². The number of nitrogens with zero attached hydrogens (tertiary/aromatic N) is 2. The van der Waals surface area contributed by atoms with Crippen LogP contribution in [0.3, 0.4) is 0 Å². The van der Waals surface area contributed by atoms with Crippen molar-refractivity contribution >= 4 is 41.8 Å². The van der Waals surface area contributed by atoms with E-state index in [-0.39, 0.29) is 0 Å². The summed E-state index contributed by atoms with van der Waals surface area (Å²) in [7, 11) is -3.55. The molecule has 1 heterocycles. The zero-order chi connectivity index (χ0) is 29.9. The van der Waals surface area contributed by atoms with Gasteiger partial charge in [0.05, 0.1) is 6.34 Å². The SMILES string of the molecule is C[C@@]1(c2ccc(Cl)cc2)[C@H](C(=O)OC(c2ccccc2)c2ccccc2)N=CN1P(=O)(c1ccccc1)c1ccccc1. The molecule has 5 aromatic carbocycles. The summed E-state index contributed by atoms with van der Waals surface area (Å²) in [5.74, 6) is -0.526. The molecule has 7 heteroatoms. The molecule has 0 saturated carbocycles. The fraction of sp³-hybridized carbons (Fsp3) is 0.111. The van der Waals surface area contributed by atoms with Gasteiger partial charge < -0.3 is 4.74 Å². The molecule has 5 aromatic rings. The number of rotatable bonds is 8. The third-order valence-corrected chi connectivity index (χ3v) is 11.3. The lowest BCUT2D eigenvalue weighted by Gasteiger charge is -2.43. The predicted molar refractivity (Wildman–Crippen MR) is 174 cm³/mol. The number of carbonyl (C=O) groups excluding carboxylic acids is 1. The van der Waals surface area contributed by atoms with Gasteiger partial charge in [-0.05, 0) is 60.0 Å². The number of ether oxygens (including phenoxy) is 1. The highest BCUT2D eigenvalue weighted by molar-refractivity contribution is 7.77. The summed E-state index contributed by atoms with van der Waals surface area (Å²) in [5, 5.41) is 1.82. The van der Waals surface area contributed by atoms with Crippen molar-refractivity contribution in [2.75, 3.05) is 0 Å². The summed E-state index contributed by atoms with van der Waals surface area (Å²) in [5.41, 5.74) is 1.24. The first-order chi connectivity index (χ1) is 20.9. The second-order valence-electron chi connectivity index (χ2n) is 10.6. The number of aliphatic imine (C=N–C) groups is 1. The van der Waals surface area contributed by atoms with Crippen molar-refractivity contribution in [1.29, 1.82) is 0 Å². The lowest BCUT2D eigenvalue weighted by atomic mass is 9.85. The number of hydrogen-bond acceptors (Lipinski definition) is 4. The van der Waals surface area contributed by atoms with Crippen LogP contribution in [0.4, 0.5) is 0 Å². The van der Waals surface area contributed by atoms with Gasteiger partial charge in [0.2, 0.25) is 7.29 Å². The number of carbonyl (C=O) groups is 1. The van der Waals surface area contributed by atoms with Crippen LogP contribution in [-0.4, -0.2) is 23.0 Å². The van der Waals surface area contributed by atoms with Crippen LogP contribution >= 0.6 is 18.9 Å². The molecule has 0 aromatic heterocycles. The molecule has 6 rings (SSSR count). The summed E-state index contributed by atoms with van der Waals surface area (Å²) in [6.45, 7) is 1.90. The highest BCUT2D eigenvalue weighted by Crippen LogP contribution is 2.57. The number of halogens is 1. The van der Waals surface area contributed by atoms with E-state index in [0.717, 1.165) is 16.7 Å². The van der Waals surface area contributed by atoms with Gasteiger partial charge in [-0.3, -0.25) is 14.2 Å². The van der Waals surface area contributed by atoms with E-state index >= 15 is 4.57 Å². The molecule has 214 valence electrons. The van der Waals surface area contributed by atoms with E-state index in [4.69, 9.17) is 21.3 Å². The van der Waals surface area contributed by atoms with E-state index in [1.807, 2.05) is 140 Å². The van der Waals surface area contributed by atoms with Crippen LogP contribution in [0.5, 0.6) is 0 Å². The lowest BCUT2D eigenvalue weighted by Crippen LogP contribution is -2.50. The minimum absolute atomic E-state index is 0.526. The van der Waals surface area contributed by atoms with Gasteiger partial charge in [-0.2, -0.15) is 0 Å². The van der Waals surface area contributed by atoms with Crippen molar-refractivity contribution < 1.29 is 14.1 Å². The Bertz CT molecular complexity index is 1690. The topological polar surface area (TPSA) is 59.0 Å². The van der Waals surface area contributed by atoms with Gasteiger partial charge in [0.15, 0.2) is 12.1 Å². The van der Waals surface area contributed by atoms with Crippen LogP contribution in [0.1, 0.15) is 29.7 Å². The molecule has 0 amide bonds. The number of esters is 1. The molecule has 0 bridgehead atoms. The normalized spacial score (nSPS) is 18.1. The monoisotopic (exact) mass is 604 g/mol. The summed E-state index contributed by atoms with van der Waals surface area (Å²) in [4.78, 5) is 19.1. The first-order valence-electron chi connectivity index (χ1n) is 14.0. The van der Waals surface area contributed by atoms with Crippen molar-refractivity contribution in [2.24, 2.45) is 4.99 Å². The van der Waals surface area contributed by atoms with Gasteiger partial charge in [0, 0.05) is 15.6 Å². The van der Waals surface area contributed by atoms with Crippen molar-refractivity contribution in [3.63, 3.8) is 0 Å². The van der Waals surface area contributed by atoms with Crippen LogP contribution in [-0.2, 0) is 19.6 Å². The van der Waals surface area contributed by atoms with Crippen LogP contribution in [0.25, 0.3) is 0 Å². The van der Waals surface area contributed by atoms with Gasteiger partial charge in [-0.1, -0.05) is 121 Å². The minimum Gasteiger partial charge on any atom is -0.451 e. The van der Waals surface area contributed by atoms with E-state index in [0.29, 0.717) is 15.6 Å². The molecule has 2 atom stereocenters. The second-order valence-corrected chi connectivity index (χ2v) is 13.6. The van der Waals surface area contributed by atoms with E-state index in [9.17, 15) is 4.79 Å². The van der Waals surface area contributed by atoms with E-state index in [1.54, 1.807) is 23.1 Å². The third kappa shape index (κ3) is 5.31. The molecule has 0 aliphatic carbocycles. The number of benzene rings is 5. The smallest absolute Gasteiger partial charge is 0.334 e. The van der Waals surface area contributed by atoms with Crippen LogP contribution in [0, 0.1) is 0 Å². The molecule has 0 saturated heterocycles. The van der Waals surface area contributed by atoms with Crippen molar-refractivity contribution in [1.82, 2.24) is 4.67 Å².